The highest BCUT2D eigenvalue weighted by molar-refractivity contribution is 5.97. The third-order valence-electron chi connectivity index (χ3n) is 7.30. The van der Waals surface area contributed by atoms with Gasteiger partial charge in [0.25, 0.3) is 0 Å². The third-order valence-corrected chi connectivity index (χ3v) is 7.30. The molecule has 0 bridgehead atoms. The number of rotatable bonds is 12. The van der Waals surface area contributed by atoms with Gasteiger partial charge in [0.2, 0.25) is 29.5 Å². The van der Waals surface area contributed by atoms with Crippen LogP contribution in [0.5, 0.6) is 5.75 Å². The van der Waals surface area contributed by atoms with E-state index in [4.69, 9.17) is 11.5 Å². The van der Waals surface area contributed by atoms with Crippen molar-refractivity contribution in [1.29, 1.82) is 0 Å². The molecule has 3 atom stereocenters. The van der Waals surface area contributed by atoms with Gasteiger partial charge in [-0.05, 0) is 67.1 Å². The number of phenolic OH excluding ortho intramolecular Hbond substituents is 1. The van der Waals surface area contributed by atoms with Crippen molar-refractivity contribution in [1.82, 2.24) is 21.3 Å². The molecule has 42 heavy (non-hydrogen) atoms. The van der Waals surface area contributed by atoms with Crippen LogP contribution in [0.1, 0.15) is 34.7 Å². The van der Waals surface area contributed by atoms with Crippen molar-refractivity contribution in [2.75, 3.05) is 13.1 Å². The normalized spacial score (nSPS) is 15.5. The molecule has 0 aliphatic heterocycles. The number of carbonyl (C=O) groups excluding carboxylic acids is 5. The van der Waals surface area contributed by atoms with E-state index in [9.17, 15) is 34.2 Å². The largest absolute Gasteiger partial charge is 0.508 e. The summed E-state index contributed by atoms with van der Waals surface area (Å²) in [4.78, 5) is 62.9. The summed E-state index contributed by atoms with van der Waals surface area (Å²) in [5.41, 5.74) is 13.9. The Hall–Kier alpha value is -4.49. The summed E-state index contributed by atoms with van der Waals surface area (Å²) >= 11 is 0. The van der Waals surface area contributed by atoms with Crippen molar-refractivity contribution in [2.45, 2.75) is 63.8 Å². The number of nitrogens with one attached hydrogen (secondary N) is 4. The van der Waals surface area contributed by atoms with E-state index in [1.54, 1.807) is 38.1 Å². The molecule has 2 aromatic carbocycles. The molecule has 3 rings (SSSR count). The summed E-state index contributed by atoms with van der Waals surface area (Å²) in [5, 5.41) is 29.4. The van der Waals surface area contributed by atoms with Gasteiger partial charge in [0.15, 0.2) is 0 Å². The van der Waals surface area contributed by atoms with Gasteiger partial charge in [0.05, 0.1) is 25.2 Å². The number of aryl methyl sites for hydroxylation is 2. The van der Waals surface area contributed by atoms with Crippen LogP contribution in [0, 0.1) is 13.8 Å². The predicted molar refractivity (Wildman–Crippen MR) is 153 cm³/mol. The molecule has 0 spiro atoms. The fourth-order valence-electron chi connectivity index (χ4n) is 5.12. The first-order valence-electron chi connectivity index (χ1n) is 13.5. The topological polar surface area (TPSA) is 226 Å². The van der Waals surface area contributed by atoms with E-state index >= 15 is 0 Å². The summed E-state index contributed by atoms with van der Waals surface area (Å²) < 4.78 is 0. The molecule has 1 aliphatic carbocycles. The number of carbonyl (C=O) groups is 5. The molecule has 0 saturated carbocycles. The van der Waals surface area contributed by atoms with Crippen LogP contribution >= 0.6 is 0 Å². The number of nitrogens with two attached hydrogens (primary N) is 2. The molecular weight excluding hydrogens is 544 g/mol. The van der Waals surface area contributed by atoms with Gasteiger partial charge in [-0.25, -0.2) is 0 Å². The maximum absolute atomic E-state index is 13.4. The molecular formula is C29H38N6O7. The molecule has 5 amide bonds. The first-order chi connectivity index (χ1) is 19.7. The van der Waals surface area contributed by atoms with E-state index in [1.807, 2.05) is 12.1 Å². The van der Waals surface area contributed by atoms with Gasteiger partial charge in [-0.15, -0.1) is 0 Å². The van der Waals surface area contributed by atoms with Crippen molar-refractivity contribution in [3.05, 3.63) is 64.2 Å². The lowest BCUT2D eigenvalue weighted by atomic mass is 9.94. The first-order valence-corrected chi connectivity index (χ1v) is 13.5. The Labute approximate surface area is 243 Å². The molecule has 0 aromatic heterocycles. The minimum Gasteiger partial charge on any atom is -0.508 e. The zero-order valence-corrected chi connectivity index (χ0v) is 23.8. The molecule has 1 aliphatic rings. The minimum absolute atomic E-state index is 0.116. The maximum Gasteiger partial charge on any atom is 0.246 e. The lowest BCUT2D eigenvalue weighted by Crippen LogP contribution is -2.62. The van der Waals surface area contributed by atoms with Crippen molar-refractivity contribution >= 4 is 29.5 Å². The number of fused-ring (bicyclic) bond motifs is 1. The molecule has 0 saturated heterocycles. The van der Waals surface area contributed by atoms with Gasteiger partial charge in [-0.3, -0.25) is 24.0 Å². The number of primary amides is 1. The lowest BCUT2D eigenvalue weighted by molar-refractivity contribution is -0.135. The van der Waals surface area contributed by atoms with Gasteiger partial charge >= 0.3 is 0 Å². The van der Waals surface area contributed by atoms with E-state index in [-0.39, 0.29) is 25.0 Å². The third kappa shape index (κ3) is 7.83. The number of aromatic hydroxyl groups is 1. The van der Waals surface area contributed by atoms with Crippen molar-refractivity contribution < 1.29 is 34.2 Å². The molecule has 0 heterocycles. The van der Waals surface area contributed by atoms with E-state index in [0.29, 0.717) is 0 Å². The molecule has 2 aromatic rings. The van der Waals surface area contributed by atoms with Crippen LogP contribution in [0.4, 0.5) is 0 Å². The standard InChI is InChI=1S/C29H38N6O7/c1-15-8-20(37)9-16(2)21(15)10-22(30)27(41)32-14-24(39)35-29(11-18-6-4-5-7-19(18)12-29)28(42)33-13-23(38)34-25(17(3)36)26(31)40/h4-9,17,22,25,36-37H,10-14,30H2,1-3H3,(H2,31,40)(H,32,41)(H,33,42)(H,34,38)(H,35,39)/t17?,22-,25?/m0/s1. The number of benzene rings is 2. The van der Waals surface area contributed by atoms with E-state index in [1.165, 1.54) is 6.92 Å². The maximum atomic E-state index is 13.4. The molecule has 13 nitrogen and oxygen atoms in total. The Kier molecular flexibility index (Phi) is 10.3. The fourth-order valence-corrected chi connectivity index (χ4v) is 5.12. The van der Waals surface area contributed by atoms with Crippen LogP contribution in [0.2, 0.25) is 0 Å². The van der Waals surface area contributed by atoms with Crippen molar-refractivity contribution in [3.63, 3.8) is 0 Å². The number of hydrogen-bond acceptors (Lipinski definition) is 8. The van der Waals surface area contributed by atoms with Gasteiger partial charge in [0.1, 0.15) is 17.3 Å². The monoisotopic (exact) mass is 582 g/mol. The van der Waals surface area contributed by atoms with E-state index in [0.717, 1.165) is 27.8 Å². The Morgan fingerprint density at radius 3 is 2.02 bits per heavy atom. The minimum atomic E-state index is -1.44. The number of aliphatic hydroxyl groups excluding tert-OH is 1. The molecule has 2 unspecified atom stereocenters. The van der Waals surface area contributed by atoms with E-state index < -0.39 is 66.4 Å². The van der Waals surface area contributed by atoms with Crippen LogP contribution in [0.25, 0.3) is 0 Å². The summed E-state index contributed by atoms with van der Waals surface area (Å²) in [6.07, 6.45) is -0.755. The van der Waals surface area contributed by atoms with Crippen LogP contribution in [-0.4, -0.2) is 76.6 Å². The van der Waals surface area contributed by atoms with E-state index in [2.05, 4.69) is 21.3 Å². The molecule has 13 heteroatoms. The number of amides is 5. The Morgan fingerprint density at radius 2 is 1.50 bits per heavy atom. The highest BCUT2D eigenvalue weighted by Crippen LogP contribution is 2.30. The van der Waals surface area contributed by atoms with Crippen LogP contribution < -0.4 is 32.7 Å². The summed E-state index contributed by atoms with van der Waals surface area (Å²) in [6, 6.07) is 8.14. The predicted octanol–water partition coefficient (Wildman–Crippen LogP) is -1.88. The second-order valence-corrected chi connectivity index (χ2v) is 10.7. The van der Waals surface area contributed by atoms with Crippen molar-refractivity contribution in [2.24, 2.45) is 11.5 Å². The smallest absolute Gasteiger partial charge is 0.246 e. The Morgan fingerprint density at radius 1 is 0.952 bits per heavy atom. The molecule has 0 radical (unpaired) electrons. The summed E-state index contributed by atoms with van der Waals surface area (Å²) in [5.74, 6) is -3.42. The average Bonchev–Trinajstić information content (AvgIpc) is 3.29. The number of aliphatic hydroxyl groups is 1. The zero-order valence-electron chi connectivity index (χ0n) is 23.8. The Bertz CT molecular complexity index is 1330. The van der Waals surface area contributed by atoms with Gasteiger partial charge in [-0.1, -0.05) is 24.3 Å². The van der Waals surface area contributed by atoms with Gasteiger partial charge in [-0.2, -0.15) is 0 Å². The zero-order chi connectivity index (χ0) is 31.2. The highest BCUT2D eigenvalue weighted by atomic mass is 16.3. The van der Waals surface area contributed by atoms with Crippen LogP contribution in [0.3, 0.4) is 0 Å². The van der Waals surface area contributed by atoms with Crippen LogP contribution in [-0.2, 0) is 43.2 Å². The second kappa shape index (κ2) is 13.4. The first kappa shape index (κ1) is 32.0. The molecule has 0 fully saturated rings. The number of hydrogen-bond donors (Lipinski definition) is 8. The fraction of sp³-hybridized carbons (Fsp3) is 0.414. The van der Waals surface area contributed by atoms with Crippen molar-refractivity contribution in [3.8, 4) is 5.75 Å². The van der Waals surface area contributed by atoms with Crippen LogP contribution in [0.15, 0.2) is 36.4 Å². The molecule has 226 valence electrons. The van der Waals surface area contributed by atoms with Gasteiger partial charge in [0, 0.05) is 12.8 Å². The average molecular weight is 583 g/mol. The second-order valence-electron chi connectivity index (χ2n) is 10.7. The SMILES string of the molecule is Cc1cc(O)cc(C)c1C[C@H](N)C(=O)NCC(=O)NC1(C(=O)NCC(=O)NC(C(N)=O)C(C)O)Cc2ccccc2C1. The number of phenols is 1. The van der Waals surface area contributed by atoms with Gasteiger partial charge < -0.3 is 42.9 Å². The Balaban J connectivity index is 1.64. The summed E-state index contributed by atoms with van der Waals surface area (Å²) in [7, 11) is 0. The summed E-state index contributed by atoms with van der Waals surface area (Å²) in [6.45, 7) is 3.91. The molecule has 10 N–H and O–H groups in total. The highest BCUT2D eigenvalue weighted by Gasteiger charge is 2.45. The quantitative estimate of drug-likeness (QED) is 0.141. The lowest BCUT2D eigenvalue weighted by Gasteiger charge is -2.29.